The van der Waals surface area contributed by atoms with Gasteiger partial charge < -0.3 is 5.32 Å². The van der Waals surface area contributed by atoms with E-state index in [1.807, 2.05) is 18.8 Å². The van der Waals surface area contributed by atoms with E-state index in [1.165, 1.54) is 36.1 Å². The Morgan fingerprint density at radius 1 is 1.37 bits per heavy atom. The number of thioether (sulfide) groups is 1. The van der Waals surface area contributed by atoms with Crippen LogP contribution in [0.1, 0.15) is 51.1 Å². The molecule has 19 heavy (non-hydrogen) atoms. The summed E-state index contributed by atoms with van der Waals surface area (Å²) in [5.74, 6) is 0.869. The highest BCUT2D eigenvalue weighted by Crippen LogP contribution is 2.39. The lowest BCUT2D eigenvalue weighted by molar-refractivity contribution is 0.394. The van der Waals surface area contributed by atoms with Crippen molar-refractivity contribution in [3.05, 3.63) is 28.8 Å². The molecular weight excluding hydrogens is 274 g/mol. The van der Waals surface area contributed by atoms with Gasteiger partial charge in [0, 0.05) is 16.2 Å². The molecule has 1 nitrogen and oxygen atoms in total. The van der Waals surface area contributed by atoms with Gasteiger partial charge in [-0.3, -0.25) is 0 Å². The molecule has 0 aliphatic heterocycles. The molecule has 0 aromatic heterocycles. The largest absolute Gasteiger partial charge is 0.313 e. The molecule has 0 saturated heterocycles. The molecule has 1 saturated carbocycles. The van der Waals surface area contributed by atoms with Gasteiger partial charge in [0.1, 0.15) is 0 Å². The van der Waals surface area contributed by atoms with Crippen LogP contribution < -0.4 is 5.32 Å². The zero-order chi connectivity index (χ0) is 13.8. The maximum Gasteiger partial charge on any atom is 0.0545 e. The van der Waals surface area contributed by atoms with Crippen LogP contribution in [0.2, 0.25) is 5.02 Å². The maximum absolute atomic E-state index is 6.44. The third-order valence-electron chi connectivity index (χ3n) is 4.07. The molecule has 1 fully saturated rings. The van der Waals surface area contributed by atoms with E-state index in [4.69, 9.17) is 11.6 Å². The fourth-order valence-corrected chi connectivity index (χ4v) is 4.42. The highest BCUT2D eigenvalue weighted by molar-refractivity contribution is 8.00. The van der Waals surface area contributed by atoms with Crippen LogP contribution in [0.3, 0.4) is 0 Å². The highest BCUT2D eigenvalue weighted by Gasteiger charge is 2.20. The van der Waals surface area contributed by atoms with Crippen molar-refractivity contribution >= 4 is 23.4 Å². The minimum atomic E-state index is 0.353. The number of halogens is 1. The van der Waals surface area contributed by atoms with Crippen LogP contribution in [0.25, 0.3) is 0 Å². The molecule has 0 heterocycles. The molecule has 1 aromatic rings. The zero-order valence-corrected chi connectivity index (χ0v) is 13.7. The average Bonchev–Trinajstić information content (AvgIpc) is 2.40. The van der Waals surface area contributed by atoms with Crippen molar-refractivity contribution in [2.45, 2.75) is 55.7 Å². The predicted octanol–water partition coefficient (Wildman–Crippen LogP) is 5.29. The van der Waals surface area contributed by atoms with Gasteiger partial charge in [0.05, 0.1) is 5.02 Å². The summed E-state index contributed by atoms with van der Waals surface area (Å²) in [6.07, 6.45) is 5.42. The van der Waals surface area contributed by atoms with E-state index in [2.05, 4.69) is 37.4 Å². The van der Waals surface area contributed by atoms with Gasteiger partial charge in [0.2, 0.25) is 0 Å². The van der Waals surface area contributed by atoms with E-state index in [0.717, 1.165) is 16.2 Å². The average molecular weight is 298 g/mol. The highest BCUT2D eigenvalue weighted by atomic mass is 35.5. The number of nitrogens with one attached hydrogen (secondary N) is 1. The lowest BCUT2D eigenvalue weighted by Crippen LogP contribution is -2.15. The Hall–Kier alpha value is -0.180. The second-order valence-corrected chi connectivity index (χ2v) is 7.46. The molecule has 1 aliphatic carbocycles. The van der Waals surface area contributed by atoms with Crippen LogP contribution in [0.5, 0.6) is 0 Å². The van der Waals surface area contributed by atoms with Gasteiger partial charge >= 0.3 is 0 Å². The molecule has 106 valence electrons. The number of hydrogen-bond donors (Lipinski definition) is 1. The fourth-order valence-electron chi connectivity index (χ4n) is 2.71. The van der Waals surface area contributed by atoms with Crippen molar-refractivity contribution in [1.29, 1.82) is 0 Å². The second kappa shape index (κ2) is 7.01. The summed E-state index contributed by atoms with van der Waals surface area (Å²) in [5.41, 5.74) is 1.26. The Kier molecular flexibility index (Phi) is 5.61. The molecule has 1 N–H and O–H groups in total. The molecule has 0 spiro atoms. The monoisotopic (exact) mass is 297 g/mol. The first-order valence-electron chi connectivity index (χ1n) is 7.23. The van der Waals surface area contributed by atoms with Crippen molar-refractivity contribution in [2.24, 2.45) is 5.92 Å². The van der Waals surface area contributed by atoms with Crippen LogP contribution in [-0.4, -0.2) is 12.3 Å². The quantitative estimate of drug-likeness (QED) is 0.810. The Morgan fingerprint density at radius 3 is 2.79 bits per heavy atom. The summed E-state index contributed by atoms with van der Waals surface area (Å²) in [6.45, 7) is 4.52. The topological polar surface area (TPSA) is 12.0 Å². The standard InChI is InChI=1S/C16H24ClNS/c1-11-5-4-6-14(9-11)19-16-8-7-13(10-15(16)17)12(2)18-3/h7-8,10-12,14,18H,4-6,9H2,1-3H3. The maximum atomic E-state index is 6.44. The van der Waals surface area contributed by atoms with E-state index in [9.17, 15) is 0 Å². The van der Waals surface area contributed by atoms with E-state index in [0.29, 0.717) is 6.04 Å². The lowest BCUT2D eigenvalue weighted by Gasteiger charge is -2.26. The van der Waals surface area contributed by atoms with Crippen LogP contribution in [0.15, 0.2) is 23.1 Å². The third-order valence-corrected chi connectivity index (χ3v) is 5.87. The number of rotatable bonds is 4. The summed E-state index contributed by atoms with van der Waals surface area (Å²) in [7, 11) is 1.98. The second-order valence-electron chi connectivity index (χ2n) is 5.71. The third kappa shape index (κ3) is 4.14. The van der Waals surface area contributed by atoms with E-state index in [1.54, 1.807) is 0 Å². The van der Waals surface area contributed by atoms with Gasteiger partial charge in [0.25, 0.3) is 0 Å². The Bertz CT molecular complexity index is 421. The van der Waals surface area contributed by atoms with E-state index in [-0.39, 0.29) is 0 Å². The minimum Gasteiger partial charge on any atom is -0.313 e. The van der Waals surface area contributed by atoms with Crippen LogP contribution in [-0.2, 0) is 0 Å². The zero-order valence-electron chi connectivity index (χ0n) is 12.1. The van der Waals surface area contributed by atoms with Gasteiger partial charge in [-0.25, -0.2) is 0 Å². The fraction of sp³-hybridized carbons (Fsp3) is 0.625. The molecular formula is C16H24ClNS. The molecule has 3 unspecified atom stereocenters. The van der Waals surface area contributed by atoms with Crippen LogP contribution in [0, 0.1) is 5.92 Å². The molecule has 0 amide bonds. The molecule has 1 aromatic carbocycles. The van der Waals surface area contributed by atoms with Gasteiger partial charge in [-0.15, -0.1) is 11.8 Å². The van der Waals surface area contributed by atoms with Gasteiger partial charge in [-0.2, -0.15) is 0 Å². The molecule has 3 heteroatoms. The van der Waals surface area contributed by atoms with E-state index >= 15 is 0 Å². The summed E-state index contributed by atoms with van der Waals surface area (Å²) in [5, 5.41) is 4.90. The molecule has 0 bridgehead atoms. The number of hydrogen-bond acceptors (Lipinski definition) is 2. The first kappa shape index (κ1) is 15.2. The van der Waals surface area contributed by atoms with Gasteiger partial charge in [-0.1, -0.05) is 37.4 Å². The molecule has 1 aliphatic rings. The van der Waals surface area contributed by atoms with Crippen molar-refractivity contribution in [2.75, 3.05) is 7.05 Å². The SMILES string of the molecule is CNC(C)c1ccc(SC2CCCC(C)C2)c(Cl)c1. The Morgan fingerprint density at radius 2 is 2.16 bits per heavy atom. The van der Waals surface area contributed by atoms with Crippen molar-refractivity contribution in [1.82, 2.24) is 5.32 Å². The molecule has 0 radical (unpaired) electrons. The summed E-state index contributed by atoms with van der Waals surface area (Å²) in [6, 6.07) is 6.85. The minimum absolute atomic E-state index is 0.353. The Labute approximate surface area is 126 Å². The Balaban J connectivity index is 2.04. The normalized spacial score (nSPS) is 25.3. The van der Waals surface area contributed by atoms with Crippen LogP contribution >= 0.6 is 23.4 Å². The predicted molar refractivity (Wildman–Crippen MR) is 86.2 cm³/mol. The first-order valence-corrected chi connectivity index (χ1v) is 8.49. The number of benzene rings is 1. The van der Waals surface area contributed by atoms with Gasteiger partial charge in [-0.05, 0) is 50.4 Å². The van der Waals surface area contributed by atoms with Crippen molar-refractivity contribution < 1.29 is 0 Å². The van der Waals surface area contributed by atoms with Crippen LogP contribution in [0.4, 0.5) is 0 Å². The molecule has 3 atom stereocenters. The summed E-state index contributed by atoms with van der Waals surface area (Å²) in [4.78, 5) is 1.24. The first-order chi connectivity index (χ1) is 9.10. The molecule has 2 rings (SSSR count). The summed E-state index contributed by atoms with van der Waals surface area (Å²) < 4.78 is 0. The smallest absolute Gasteiger partial charge is 0.0545 e. The van der Waals surface area contributed by atoms with Crippen molar-refractivity contribution in [3.63, 3.8) is 0 Å². The summed E-state index contributed by atoms with van der Waals surface area (Å²) >= 11 is 8.41. The van der Waals surface area contributed by atoms with E-state index < -0.39 is 0 Å². The lowest BCUT2D eigenvalue weighted by atomic mass is 9.91. The van der Waals surface area contributed by atoms with Gasteiger partial charge in [0.15, 0.2) is 0 Å². The van der Waals surface area contributed by atoms with Crippen molar-refractivity contribution in [3.8, 4) is 0 Å².